The zero-order valence-corrected chi connectivity index (χ0v) is 18.1. The summed E-state index contributed by atoms with van der Waals surface area (Å²) in [7, 11) is -2.00. The highest BCUT2D eigenvalue weighted by Gasteiger charge is 2.38. The van der Waals surface area contributed by atoms with E-state index in [-0.39, 0.29) is 16.7 Å². The molecule has 1 aromatic carbocycles. The van der Waals surface area contributed by atoms with Crippen molar-refractivity contribution in [2.45, 2.75) is 43.2 Å². The van der Waals surface area contributed by atoms with Crippen molar-refractivity contribution in [3.8, 4) is 5.75 Å². The van der Waals surface area contributed by atoms with E-state index in [1.165, 1.54) is 9.18 Å². The Morgan fingerprint density at radius 3 is 2.38 bits per heavy atom. The fraction of sp³-hybridized carbons (Fsp3) is 0.476. The Morgan fingerprint density at radius 1 is 1.14 bits per heavy atom. The lowest BCUT2D eigenvalue weighted by Crippen LogP contribution is -2.44. The number of hydrogen-bond donors (Lipinski definition) is 0. The number of thiophene rings is 1. The van der Waals surface area contributed by atoms with Crippen molar-refractivity contribution in [3.63, 3.8) is 0 Å². The summed E-state index contributed by atoms with van der Waals surface area (Å²) in [5, 5.41) is 2.04. The van der Waals surface area contributed by atoms with Crippen molar-refractivity contribution in [3.05, 3.63) is 46.7 Å². The van der Waals surface area contributed by atoms with Gasteiger partial charge in [-0.1, -0.05) is 6.07 Å². The maximum atomic E-state index is 13.2. The second-order valence-corrected chi connectivity index (χ2v) is 10.6. The van der Waals surface area contributed by atoms with Gasteiger partial charge in [0.25, 0.3) is 0 Å². The third-order valence-corrected chi connectivity index (χ3v) is 8.45. The largest absolute Gasteiger partial charge is 0.497 e. The molecule has 1 amide bonds. The van der Waals surface area contributed by atoms with E-state index in [1.54, 1.807) is 42.7 Å². The number of benzene rings is 1. The fourth-order valence-electron chi connectivity index (χ4n) is 3.82. The summed E-state index contributed by atoms with van der Waals surface area (Å²) in [6.45, 7) is 1.43. The molecule has 2 fully saturated rings. The standard InChI is InChI=1S/C21H26N2O4S2/c1-27-18-6-8-20(9-7-18)29(25,26)22-12-10-16(11-13-22)21(24)23(17-4-5-17)15-19-3-2-14-28-19/h2-3,6-9,14,16-17H,4-5,10-13,15H2,1H3. The highest BCUT2D eigenvalue weighted by molar-refractivity contribution is 7.89. The minimum Gasteiger partial charge on any atom is -0.497 e. The van der Waals surface area contributed by atoms with Crippen molar-refractivity contribution in [2.24, 2.45) is 5.92 Å². The molecule has 29 heavy (non-hydrogen) atoms. The summed E-state index contributed by atoms with van der Waals surface area (Å²) in [4.78, 5) is 16.6. The lowest BCUT2D eigenvalue weighted by Gasteiger charge is -2.33. The highest BCUT2D eigenvalue weighted by atomic mass is 32.2. The summed E-state index contributed by atoms with van der Waals surface area (Å²) in [6, 6.07) is 10.9. The number of piperidine rings is 1. The molecule has 8 heteroatoms. The van der Waals surface area contributed by atoms with Gasteiger partial charge in [0.15, 0.2) is 0 Å². The molecule has 0 radical (unpaired) electrons. The molecule has 0 N–H and O–H groups in total. The van der Waals surface area contributed by atoms with Gasteiger partial charge in [0, 0.05) is 29.9 Å². The minimum atomic E-state index is -3.55. The average Bonchev–Trinajstić information content (AvgIpc) is 3.47. The predicted octanol–water partition coefficient (Wildman–Crippen LogP) is 3.35. The van der Waals surface area contributed by atoms with Crippen LogP contribution in [0, 0.1) is 5.92 Å². The molecule has 0 atom stereocenters. The van der Waals surface area contributed by atoms with Crippen LogP contribution < -0.4 is 4.74 Å². The van der Waals surface area contributed by atoms with E-state index in [2.05, 4.69) is 6.07 Å². The molecule has 1 saturated carbocycles. The monoisotopic (exact) mass is 434 g/mol. The van der Waals surface area contributed by atoms with Gasteiger partial charge < -0.3 is 9.64 Å². The van der Waals surface area contributed by atoms with E-state index in [0.29, 0.717) is 44.3 Å². The van der Waals surface area contributed by atoms with Crippen molar-refractivity contribution in [2.75, 3.05) is 20.2 Å². The molecule has 2 heterocycles. The van der Waals surface area contributed by atoms with E-state index in [9.17, 15) is 13.2 Å². The van der Waals surface area contributed by atoms with Gasteiger partial charge in [-0.25, -0.2) is 8.42 Å². The Balaban J connectivity index is 1.39. The number of ether oxygens (including phenoxy) is 1. The van der Waals surface area contributed by atoms with Crippen molar-refractivity contribution >= 4 is 27.3 Å². The normalized spacial score (nSPS) is 18.5. The number of carbonyl (C=O) groups is 1. The summed E-state index contributed by atoms with van der Waals surface area (Å²) >= 11 is 1.67. The van der Waals surface area contributed by atoms with Crippen molar-refractivity contribution in [1.82, 2.24) is 9.21 Å². The molecule has 2 aromatic rings. The van der Waals surface area contributed by atoms with Crippen LogP contribution in [0.25, 0.3) is 0 Å². The fourth-order valence-corrected chi connectivity index (χ4v) is 5.99. The van der Waals surface area contributed by atoms with Crippen LogP contribution in [0.1, 0.15) is 30.6 Å². The van der Waals surface area contributed by atoms with Crippen LogP contribution in [-0.4, -0.2) is 49.8 Å². The van der Waals surface area contributed by atoms with Crippen LogP contribution in [-0.2, 0) is 21.4 Å². The van der Waals surface area contributed by atoms with Crippen LogP contribution in [0.3, 0.4) is 0 Å². The highest BCUT2D eigenvalue weighted by Crippen LogP contribution is 2.33. The molecule has 0 spiro atoms. The summed E-state index contributed by atoms with van der Waals surface area (Å²) < 4.78 is 32.4. The number of hydrogen-bond acceptors (Lipinski definition) is 5. The third-order valence-electron chi connectivity index (χ3n) is 5.68. The first-order valence-electron chi connectivity index (χ1n) is 9.96. The topological polar surface area (TPSA) is 66.9 Å². The molecule has 0 unspecified atom stereocenters. The van der Waals surface area contributed by atoms with Crippen LogP contribution >= 0.6 is 11.3 Å². The van der Waals surface area contributed by atoms with E-state index in [4.69, 9.17) is 4.74 Å². The van der Waals surface area contributed by atoms with Gasteiger partial charge in [-0.2, -0.15) is 4.31 Å². The van der Waals surface area contributed by atoms with Crippen LogP contribution in [0.2, 0.25) is 0 Å². The van der Waals surface area contributed by atoms with Crippen LogP contribution in [0.4, 0.5) is 0 Å². The summed E-state index contributed by atoms with van der Waals surface area (Å²) in [5.41, 5.74) is 0. The zero-order valence-electron chi connectivity index (χ0n) is 16.5. The van der Waals surface area contributed by atoms with Gasteiger partial charge in [-0.3, -0.25) is 4.79 Å². The molecular weight excluding hydrogens is 408 g/mol. The minimum absolute atomic E-state index is 0.0992. The van der Waals surface area contributed by atoms with Gasteiger partial charge in [-0.05, 0) is 61.4 Å². The Hall–Kier alpha value is -1.90. The predicted molar refractivity (Wildman–Crippen MR) is 112 cm³/mol. The van der Waals surface area contributed by atoms with E-state index in [1.807, 2.05) is 16.3 Å². The SMILES string of the molecule is COc1ccc(S(=O)(=O)N2CCC(C(=O)N(Cc3cccs3)C3CC3)CC2)cc1. The second-order valence-electron chi connectivity index (χ2n) is 7.63. The Morgan fingerprint density at radius 2 is 1.83 bits per heavy atom. The molecule has 4 rings (SSSR count). The van der Waals surface area contributed by atoms with Crippen LogP contribution in [0.15, 0.2) is 46.7 Å². The number of sulfonamides is 1. The van der Waals surface area contributed by atoms with Crippen molar-refractivity contribution in [1.29, 1.82) is 0 Å². The molecule has 1 aliphatic heterocycles. The van der Waals surface area contributed by atoms with Gasteiger partial charge >= 0.3 is 0 Å². The first-order valence-corrected chi connectivity index (χ1v) is 12.3. The smallest absolute Gasteiger partial charge is 0.243 e. The number of nitrogens with zero attached hydrogens (tertiary/aromatic N) is 2. The lowest BCUT2D eigenvalue weighted by molar-refractivity contribution is -0.138. The summed E-state index contributed by atoms with van der Waals surface area (Å²) in [6.07, 6.45) is 3.29. The van der Waals surface area contributed by atoms with Gasteiger partial charge in [0.1, 0.15) is 5.75 Å². The number of carbonyl (C=O) groups excluding carboxylic acids is 1. The molecular formula is C21H26N2O4S2. The van der Waals surface area contributed by atoms with Gasteiger partial charge in [0.05, 0.1) is 18.6 Å². The van der Waals surface area contributed by atoms with Crippen molar-refractivity contribution < 1.29 is 17.9 Å². The molecule has 1 aromatic heterocycles. The van der Waals surface area contributed by atoms with E-state index < -0.39 is 10.0 Å². The third kappa shape index (κ3) is 4.49. The zero-order chi connectivity index (χ0) is 20.4. The summed E-state index contributed by atoms with van der Waals surface area (Å²) in [5.74, 6) is 0.708. The number of methoxy groups -OCH3 is 1. The Kier molecular flexibility index (Phi) is 5.94. The maximum absolute atomic E-state index is 13.2. The number of rotatable bonds is 7. The molecule has 1 saturated heterocycles. The molecule has 1 aliphatic carbocycles. The van der Waals surface area contributed by atoms with E-state index >= 15 is 0 Å². The molecule has 156 valence electrons. The Labute approximate surface area is 176 Å². The van der Waals surface area contributed by atoms with Gasteiger partial charge in [-0.15, -0.1) is 11.3 Å². The number of amides is 1. The quantitative estimate of drug-likeness (QED) is 0.670. The molecule has 2 aliphatic rings. The van der Waals surface area contributed by atoms with Crippen LogP contribution in [0.5, 0.6) is 5.75 Å². The second kappa shape index (κ2) is 8.45. The van der Waals surface area contributed by atoms with E-state index in [0.717, 1.165) is 12.8 Å². The molecule has 6 nitrogen and oxygen atoms in total. The maximum Gasteiger partial charge on any atom is 0.243 e. The van der Waals surface area contributed by atoms with Gasteiger partial charge in [0.2, 0.25) is 15.9 Å². The first-order chi connectivity index (χ1) is 14.0. The first kappa shape index (κ1) is 20.4. The average molecular weight is 435 g/mol. The Bertz CT molecular complexity index is 930. The molecule has 0 bridgehead atoms. The lowest BCUT2D eigenvalue weighted by atomic mass is 9.96.